The molecule has 0 aliphatic carbocycles. The molecule has 1 heterocycles. The molecular formula is C12H12N2O. The molecule has 1 aromatic carbocycles. The summed E-state index contributed by atoms with van der Waals surface area (Å²) in [6.45, 7) is 3.97. The van der Waals surface area contributed by atoms with Gasteiger partial charge in [0.1, 0.15) is 6.33 Å². The third-order valence-electron chi connectivity index (χ3n) is 2.21. The first-order valence-electron chi connectivity index (χ1n) is 4.78. The fourth-order valence-corrected chi connectivity index (χ4v) is 1.63. The Morgan fingerprint density at radius 1 is 1.20 bits per heavy atom. The Morgan fingerprint density at radius 3 is 2.40 bits per heavy atom. The van der Waals surface area contributed by atoms with E-state index in [1.54, 1.807) is 12.4 Å². The molecule has 3 nitrogen and oxygen atoms in total. The van der Waals surface area contributed by atoms with Crippen molar-refractivity contribution < 1.29 is 4.79 Å². The molecular weight excluding hydrogens is 188 g/mol. The van der Waals surface area contributed by atoms with Gasteiger partial charge in [-0.15, -0.1) is 0 Å². The van der Waals surface area contributed by atoms with Gasteiger partial charge in [-0.05, 0) is 26.0 Å². The van der Waals surface area contributed by atoms with Crippen molar-refractivity contribution in [3.63, 3.8) is 0 Å². The summed E-state index contributed by atoms with van der Waals surface area (Å²) in [6, 6.07) is 5.81. The molecule has 1 aromatic heterocycles. The van der Waals surface area contributed by atoms with Crippen molar-refractivity contribution in [1.29, 1.82) is 0 Å². The predicted molar refractivity (Wildman–Crippen MR) is 57.9 cm³/mol. The van der Waals surface area contributed by atoms with Gasteiger partial charge in [0.05, 0.1) is 0 Å². The van der Waals surface area contributed by atoms with Gasteiger partial charge in [-0.2, -0.15) is 0 Å². The molecule has 0 aliphatic heterocycles. The smallest absolute Gasteiger partial charge is 0.263 e. The van der Waals surface area contributed by atoms with Crippen LogP contribution < -0.4 is 0 Å². The number of aromatic nitrogens is 2. The Kier molecular flexibility index (Phi) is 2.37. The highest BCUT2D eigenvalue weighted by Crippen LogP contribution is 2.10. The maximum atomic E-state index is 11.9. The van der Waals surface area contributed by atoms with E-state index in [9.17, 15) is 4.79 Å². The maximum absolute atomic E-state index is 11.9. The van der Waals surface area contributed by atoms with Crippen LogP contribution in [0.1, 0.15) is 21.5 Å². The molecule has 3 heteroatoms. The number of imidazole rings is 1. The lowest BCUT2D eigenvalue weighted by Gasteiger charge is -2.04. The number of carbonyl (C=O) groups is 1. The van der Waals surface area contributed by atoms with Crippen LogP contribution in [0.3, 0.4) is 0 Å². The Labute approximate surface area is 88.4 Å². The summed E-state index contributed by atoms with van der Waals surface area (Å²) in [5, 5.41) is 0. The van der Waals surface area contributed by atoms with Crippen LogP contribution in [0, 0.1) is 13.8 Å². The highest BCUT2D eigenvalue weighted by Gasteiger charge is 2.07. The fraction of sp³-hybridized carbons (Fsp3) is 0.167. The summed E-state index contributed by atoms with van der Waals surface area (Å²) in [5.74, 6) is -0.0423. The number of nitrogens with zero attached hydrogens (tertiary/aromatic N) is 2. The van der Waals surface area contributed by atoms with E-state index in [1.807, 2.05) is 32.0 Å². The highest BCUT2D eigenvalue weighted by atomic mass is 16.2. The van der Waals surface area contributed by atoms with Gasteiger partial charge in [-0.25, -0.2) is 4.98 Å². The monoisotopic (exact) mass is 200 g/mol. The molecule has 0 bridgehead atoms. The highest BCUT2D eigenvalue weighted by molar-refractivity contribution is 5.96. The van der Waals surface area contributed by atoms with Crippen LogP contribution in [0.15, 0.2) is 36.9 Å². The first kappa shape index (κ1) is 9.65. The topological polar surface area (TPSA) is 34.9 Å². The molecule has 2 rings (SSSR count). The van der Waals surface area contributed by atoms with Gasteiger partial charge in [-0.1, -0.05) is 17.2 Å². The van der Waals surface area contributed by atoms with Crippen LogP contribution in [0.5, 0.6) is 0 Å². The molecule has 0 saturated heterocycles. The Balaban J connectivity index is 2.42. The van der Waals surface area contributed by atoms with E-state index in [1.165, 1.54) is 10.9 Å². The Bertz CT molecular complexity index is 466. The predicted octanol–water partition coefficient (Wildman–Crippen LogP) is 2.19. The number of hydrogen-bond acceptors (Lipinski definition) is 2. The average Bonchev–Trinajstić information content (AvgIpc) is 2.67. The molecule has 76 valence electrons. The molecule has 15 heavy (non-hydrogen) atoms. The molecule has 0 unspecified atom stereocenters. The second-order valence-electron chi connectivity index (χ2n) is 3.65. The first-order valence-corrected chi connectivity index (χ1v) is 4.78. The van der Waals surface area contributed by atoms with Gasteiger partial charge >= 0.3 is 0 Å². The lowest BCUT2D eigenvalue weighted by molar-refractivity contribution is 0.0959. The summed E-state index contributed by atoms with van der Waals surface area (Å²) in [5.41, 5.74) is 2.89. The van der Waals surface area contributed by atoms with E-state index in [0.717, 1.165) is 11.1 Å². The molecule has 0 aliphatic rings. The Hall–Kier alpha value is -1.90. The Morgan fingerprint density at radius 2 is 1.87 bits per heavy atom. The summed E-state index contributed by atoms with van der Waals surface area (Å²) in [4.78, 5) is 15.8. The van der Waals surface area contributed by atoms with Crippen molar-refractivity contribution in [1.82, 2.24) is 9.55 Å². The second-order valence-corrected chi connectivity index (χ2v) is 3.65. The minimum absolute atomic E-state index is 0.0423. The van der Waals surface area contributed by atoms with Crippen LogP contribution >= 0.6 is 0 Å². The number of carbonyl (C=O) groups excluding carboxylic acids is 1. The van der Waals surface area contributed by atoms with Crippen LogP contribution in [0.2, 0.25) is 0 Å². The van der Waals surface area contributed by atoms with E-state index in [-0.39, 0.29) is 5.91 Å². The van der Waals surface area contributed by atoms with E-state index >= 15 is 0 Å². The van der Waals surface area contributed by atoms with Gasteiger partial charge in [0.25, 0.3) is 5.91 Å². The van der Waals surface area contributed by atoms with Crippen molar-refractivity contribution in [2.24, 2.45) is 0 Å². The van der Waals surface area contributed by atoms with Crippen LogP contribution in [0.25, 0.3) is 0 Å². The quantitative estimate of drug-likeness (QED) is 0.707. The van der Waals surface area contributed by atoms with Gasteiger partial charge < -0.3 is 0 Å². The molecule has 0 saturated carbocycles. The molecule has 0 atom stereocenters. The summed E-state index contributed by atoms with van der Waals surface area (Å²) in [7, 11) is 0. The minimum Gasteiger partial charge on any atom is -0.272 e. The SMILES string of the molecule is Cc1cc(C)cc(C(=O)n2ccnc2)c1. The van der Waals surface area contributed by atoms with Crippen LogP contribution in [-0.4, -0.2) is 15.5 Å². The third-order valence-corrected chi connectivity index (χ3v) is 2.21. The summed E-state index contributed by atoms with van der Waals surface area (Å²) in [6.07, 6.45) is 4.76. The van der Waals surface area contributed by atoms with Crippen LogP contribution in [0.4, 0.5) is 0 Å². The number of benzene rings is 1. The van der Waals surface area contributed by atoms with Crippen molar-refractivity contribution in [2.45, 2.75) is 13.8 Å². The zero-order chi connectivity index (χ0) is 10.8. The number of hydrogen-bond donors (Lipinski definition) is 0. The number of rotatable bonds is 1. The molecule has 2 aromatic rings. The lowest BCUT2D eigenvalue weighted by Crippen LogP contribution is -2.10. The molecule has 0 radical (unpaired) electrons. The summed E-state index contributed by atoms with van der Waals surface area (Å²) < 4.78 is 1.48. The van der Waals surface area contributed by atoms with Crippen LogP contribution in [-0.2, 0) is 0 Å². The van der Waals surface area contributed by atoms with E-state index in [0.29, 0.717) is 5.56 Å². The number of aryl methyl sites for hydroxylation is 2. The van der Waals surface area contributed by atoms with Crippen molar-refractivity contribution in [2.75, 3.05) is 0 Å². The average molecular weight is 200 g/mol. The molecule has 0 spiro atoms. The summed E-state index contributed by atoms with van der Waals surface area (Å²) >= 11 is 0. The zero-order valence-corrected chi connectivity index (χ0v) is 8.77. The van der Waals surface area contributed by atoms with Crippen molar-refractivity contribution in [3.05, 3.63) is 53.6 Å². The molecule has 0 amide bonds. The normalized spacial score (nSPS) is 10.3. The maximum Gasteiger partial charge on any atom is 0.263 e. The van der Waals surface area contributed by atoms with Gasteiger partial charge in [-0.3, -0.25) is 9.36 Å². The largest absolute Gasteiger partial charge is 0.272 e. The van der Waals surface area contributed by atoms with Gasteiger partial charge in [0, 0.05) is 18.0 Å². The lowest BCUT2D eigenvalue weighted by atomic mass is 10.1. The van der Waals surface area contributed by atoms with Crippen molar-refractivity contribution in [3.8, 4) is 0 Å². The zero-order valence-electron chi connectivity index (χ0n) is 8.77. The van der Waals surface area contributed by atoms with E-state index < -0.39 is 0 Å². The van der Waals surface area contributed by atoms with E-state index in [4.69, 9.17) is 0 Å². The molecule has 0 fully saturated rings. The van der Waals surface area contributed by atoms with Crippen molar-refractivity contribution >= 4 is 5.91 Å². The third kappa shape index (κ3) is 1.96. The molecule has 0 N–H and O–H groups in total. The second kappa shape index (κ2) is 3.69. The fourth-order valence-electron chi connectivity index (χ4n) is 1.63. The minimum atomic E-state index is -0.0423. The van der Waals surface area contributed by atoms with E-state index in [2.05, 4.69) is 4.98 Å². The first-order chi connectivity index (χ1) is 7.16. The van der Waals surface area contributed by atoms with Gasteiger partial charge in [0.15, 0.2) is 0 Å². The van der Waals surface area contributed by atoms with Gasteiger partial charge in [0.2, 0.25) is 0 Å². The standard InChI is InChI=1S/C12H12N2O/c1-9-5-10(2)7-11(6-9)12(15)14-4-3-13-8-14/h3-8H,1-2H3.